The zero-order valence-corrected chi connectivity index (χ0v) is 33.2. The number of likely N-dealkylation sites (N-methyl/N-ethyl adjacent to an activating group) is 1. The van der Waals surface area contributed by atoms with E-state index in [1.807, 2.05) is 19.3 Å². The lowest BCUT2D eigenvalue weighted by Gasteiger charge is -2.42. The summed E-state index contributed by atoms with van der Waals surface area (Å²) in [5.41, 5.74) is 0.679. The smallest absolute Gasteiger partial charge is 0.161 e. The first-order valence-electron chi connectivity index (χ1n) is 21.7. The van der Waals surface area contributed by atoms with Crippen molar-refractivity contribution < 1.29 is 9.59 Å². The number of ketones is 2. The van der Waals surface area contributed by atoms with Crippen molar-refractivity contribution in [2.24, 2.45) is 17.8 Å². The van der Waals surface area contributed by atoms with E-state index in [0.29, 0.717) is 47.4 Å². The number of anilines is 2. The second-order valence-corrected chi connectivity index (χ2v) is 17.9. The van der Waals surface area contributed by atoms with E-state index in [9.17, 15) is 9.59 Å². The van der Waals surface area contributed by atoms with Crippen LogP contribution in [0.25, 0.3) is 0 Å². The molecule has 0 amide bonds. The monoisotopic (exact) mass is 737 g/mol. The zero-order valence-electron chi connectivity index (χ0n) is 33.2. The first-order valence-corrected chi connectivity index (χ1v) is 21.7. The molecule has 5 unspecified atom stereocenters. The van der Waals surface area contributed by atoms with Crippen LogP contribution in [0.2, 0.25) is 0 Å². The van der Waals surface area contributed by atoms with E-state index < -0.39 is 0 Å². The van der Waals surface area contributed by atoms with Gasteiger partial charge >= 0.3 is 0 Å². The lowest BCUT2D eigenvalue weighted by molar-refractivity contribution is -0.127. The molecular formula is C44H64N8O2. The number of hydrogen-bond donors (Lipinski definition) is 0. The molecular weight excluding hydrogens is 673 g/mol. The average Bonchev–Trinajstić information content (AvgIpc) is 3.64. The summed E-state index contributed by atoms with van der Waals surface area (Å²) in [7, 11) is 0. The normalized spacial score (nSPS) is 32.1. The van der Waals surface area contributed by atoms with Gasteiger partial charge in [0.25, 0.3) is 0 Å². The number of hydrogen-bond acceptors (Lipinski definition) is 10. The Hall–Kier alpha value is -3.24. The van der Waals surface area contributed by atoms with Gasteiger partial charge in [0, 0.05) is 92.3 Å². The Bertz CT molecular complexity index is 1620. The molecule has 54 heavy (non-hydrogen) atoms. The van der Waals surface area contributed by atoms with Crippen LogP contribution in [0.1, 0.15) is 134 Å². The predicted octanol–water partition coefficient (Wildman–Crippen LogP) is 6.97. The Labute approximate surface area is 323 Å². The number of nitrogens with zero attached hydrogens (tertiary/aromatic N) is 8. The first-order chi connectivity index (χ1) is 26.2. The molecule has 10 heteroatoms. The Morgan fingerprint density at radius 2 is 1.17 bits per heavy atom. The molecule has 5 atom stereocenters. The molecule has 0 radical (unpaired) electrons. The largest absolute Gasteiger partial charge is 0.348 e. The van der Waals surface area contributed by atoms with Crippen LogP contribution in [0, 0.1) is 17.8 Å². The van der Waals surface area contributed by atoms with Crippen molar-refractivity contribution in [1.29, 1.82) is 0 Å². The Kier molecular flexibility index (Phi) is 11.5. The van der Waals surface area contributed by atoms with Crippen LogP contribution in [-0.4, -0.2) is 105 Å². The molecule has 2 aromatic rings. The summed E-state index contributed by atoms with van der Waals surface area (Å²) in [5.74, 6) is 5.97. The predicted molar refractivity (Wildman–Crippen MR) is 214 cm³/mol. The minimum atomic E-state index is 0.115. The number of fused-ring (bicyclic) bond motifs is 4. The number of piperazine rings is 2. The fraction of sp³-hybridized carbons (Fsp3) is 0.727. The van der Waals surface area contributed by atoms with E-state index in [0.717, 1.165) is 127 Å². The summed E-state index contributed by atoms with van der Waals surface area (Å²) in [5, 5.41) is 0. The van der Waals surface area contributed by atoms with Crippen LogP contribution in [0.3, 0.4) is 0 Å². The summed E-state index contributed by atoms with van der Waals surface area (Å²) >= 11 is 0. The summed E-state index contributed by atoms with van der Waals surface area (Å²) in [6, 6.07) is 6.33. The number of Topliss-reactive ketones (excluding diaryl/α,β-unsaturated/α-hetero) is 2. The lowest BCUT2D eigenvalue weighted by Crippen LogP contribution is -2.54. The van der Waals surface area contributed by atoms with Crippen molar-refractivity contribution in [3.8, 4) is 0 Å². The fourth-order valence-electron chi connectivity index (χ4n) is 11.3. The molecule has 0 spiro atoms. The topological polar surface area (TPSA) is 98.7 Å². The summed E-state index contributed by atoms with van der Waals surface area (Å²) in [4.78, 5) is 56.3. The molecule has 10 nitrogen and oxygen atoms in total. The van der Waals surface area contributed by atoms with E-state index in [1.54, 1.807) is 0 Å². The average molecular weight is 737 g/mol. The quantitative estimate of drug-likeness (QED) is 0.201. The van der Waals surface area contributed by atoms with Crippen molar-refractivity contribution >= 4 is 23.2 Å². The van der Waals surface area contributed by atoms with Gasteiger partial charge in [-0.25, -0.2) is 19.9 Å². The highest BCUT2D eigenvalue weighted by Crippen LogP contribution is 2.40. The van der Waals surface area contributed by atoms with Crippen molar-refractivity contribution in [3.05, 3.63) is 48.3 Å². The molecule has 6 aliphatic rings. The van der Waals surface area contributed by atoms with Gasteiger partial charge in [-0.15, -0.1) is 0 Å². The van der Waals surface area contributed by atoms with Gasteiger partial charge in [-0.3, -0.25) is 19.4 Å². The third-order valence-electron chi connectivity index (χ3n) is 14.4. The van der Waals surface area contributed by atoms with Crippen molar-refractivity contribution in [2.75, 3.05) is 49.1 Å². The molecule has 2 aromatic heterocycles. The molecule has 0 aromatic carbocycles. The molecule has 6 fully saturated rings. The van der Waals surface area contributed by atoms with Crippen molar-refractivity contribution in [1.82, 2.24) is 29.7 Å². The van der Waals surface area contributed by atoms with E-state index >= 15 is 0 Å². The molecule has 2 saturated carbocycles. The molecule has 4 aliphatic heterocycles. The van der Waals surface area contributed by atoms with E-state index in [1.165, 1.54) is 25.7 Å². The SMILES string of the molecule is C=C(C)C(=O)[C@H]1CC[C@H](c2nccc(N3C4CCC3CN(CCCC(C)C(=O)[C@H]3CC[C@@H](c5nccc(N6C7CCC6CN(CC)C7)n5)CC3)C4)n2)CC1. The molecule has 0 N–H and O–H groups in total. The third kappa shape index (κ3) is 7.89. The highest BCUT2D eigenvalue weighted by molar-refractivity contribution is 5.96. The van der Waals surface area contributed by atoms with Gasteiger partial charge in [0.05, 0.1) is 0 Å². The number of aromatic nitrogens is 4. The minimum Gasteiger partial charge on any atom is -0.348 e. The summed E-state index contributed by atoms with van der Waals surface area (Å²) in [6.45, 7) is 16.8. The van der Waals surface area contributed by atoms with Crippen molar-refractivity contribution in [2.45, 2.75) is 147 Å². The zero-order chi connectivity index (χ0) is 37.3. The number of carbonyl (C=O) groups excluding carboxylic acids is 2. The Balaban J connectivity index is 0.776. The van der Waals surface area contributed by atoms with E-state index in [4.69, 9.17) is 19.9 Å². The van der Waals surface area contributed by atoms with Gasteiger partial charge in [-0.2, -0.15) is 0 Å². The number of allylic oxidation sites excluding steroid dienone is 1. The van der Waals surface area contributed by atoms with Crippen LogP contribution < -0.4 is 9.80 Å². The van der Waals surface area contributed by atoms with Gasteiger partial charge in [0.2, 0.25) is 0 Å². The van der Waals surface area contributed by atoms with Gasteiger partial charge in [-0.1, -0.05) is 20.4 Å². The molecule has 2 aliphatic carbocycles. The van der Waals surface area contributed by atoms with Gasteiger partial charge in [-0.05, 0) is 128 Å². The van der Waals surface area contributed by atoms with Gasteiger partial charge in [0.15, 0.2) is 5.78 Å². The highest BCUT2D eigenvalue weighted by Gasteiger charge is 2.42. The van der Waals surface area contributed by atoms with E-state index in [-0.39, 0.29) is 23.5 Å². The maximum atomic E-state index is 13.7. The number of carbonyl (C=O) groups is 2. The van der Waals surface area contributed by atoms with Crippen LogP contribution in [0.5, 0.6) is 0 Å². The molecule has 292 valence electrons. The highest BCUT2D eigenvalue weighted by atomic mass is 16.1. The second-order valence-electron chi connectivity index (χ2n) is 17.9. The van der Waals surface area contributed by atoms with Crippen LogP contribution in [0.4, 0.5) is 11.6 Å². The fourth-order valence-corrected chi connectivity index (χ4v) is 11.3. The Morgan fingerprint density at radius 1 is 0.704 bits per heavy atom. The van der Waals surface area contributed by atoms with Crippen molar-refractivity contribution in [3.63, 3.8) is 0 Å². The first kappa shape index (κ1) is 37.7. The molecule has 8 rings (SSSR count). The number of rotatable bonds is 13. The summed E-state index contributed by atoms with van der Waals surface area (Å²) in [6.07, 6.45) is 18.6. The standard InChI is InChI=1S/C44H64N8O2/c1-5-49-25-35-16-17-36(26-49)51(35)39-20-22-46-44(47-39)34-14-10-32(11-15-34)42(54)30(4)7-6-24-50-27-37-18-19-38(28-50)52(37)40-21-23-45-43(48-40)33-12-8-31(9-13-33)41(53)29(2)3/h20-23,30-38H,2,5-19,24-28H2,1,3-4H3/t30?,31-,32-,33-,34+,35?,36?,37?,38?. The van der Waals surface area contributed by atoms with E-state index in [2.05, 4.69) is 52.2 Å². The summed E-state index contributed by atoms with van der Waals surface area (Å²) < 4.78 is 0. The van der Waals surface area contributed by atoms with Crippen LogP contribution >= 0.6 is 0 Å². The molecule has 4 saturated heterocycles. The van der Waals surface area contributed by atoms with Gasteiger partial charge in [0.1, 0.15) is 29.1 Å². The molecule has 6 heterocycles. The van der Waals surface area contributed by atoms with Crippen LogP contribution in [0.15, 0.2) is 36.7 Å². The minimum absolute atomic E-state index is 0.115. The lowest BCUT2D eigenvalue weighted by atomic mass is 9.76. The maximum absolute atomic E-state index is 13.7. The molecule has 4 bridgehead atoms. The Morgan fingerprint density at radius 3 is 1.63 bits per heavy atom. The number of likely N-dealkylation sites (tertiary alicyclic amines) is 2. The maximum Gasteiger partial charge on any atom is 0.161 e. The third-order valence-corrected chi connectivity index (χ3v) is 14.4. The van der Waals surface area contributed by atoms with Gasteiger partial charge < -0.3 is 9.80 Å². The second kappa shape index (κ2) is 16.5. The van der Waals surface area contributed by atoms with Crippen LogP contribution in [-0.2, 0) is 9.59 Å².